The zero-order valence-corrected chi connectivity index (χ0v) is 12.1. The zero-order valence-electron chi connectivity index (χ0n) is 12.1. The molecular formula is C17H20N2O2. The molecule has 2 rings (SSSR count). The molecule has 0 spiro atoms. The number of rotatable bonds is 6. The number of nitrogens with two attached hydrogens (primary N) is 1. The van der Waals surface area contributed by atoms with Crippen molar-refractivity contribution in [3.63, 3.8) is 0 Å². The number of nitrogens with one attached hydrogen (secondary N) is 1. The van der Waals surface area contributed by atoms with Gasteiger partial charge in [0.25, 0.3) is 0 Å². The van der Waals surface area contributed by atoms with Gasteiger partial charge in [-0.1, -0.05) is 31.5 Å². The molecule has 4 heteroatoms. The lowest BCUT2D eigenvalue weighted by Gasteiger charge is -2.11. The first-order chi connectivity index (χ1) is 10.2. The van der Waals surface area contributed by atoms with E-state index in [9.17, 15) is 4.79 Å². The number of carbonyl (C=O) groups excluding carboxylic acids is 1. The number of hydrogen-bond donors (Lipinski definition) is 2. The highest BCUT2D eigenvalue weighted by atomic mass is 16.5. The summed E-state index contributed by atoms with van der Waals surface area (Å²) in [6.45, 7) is 2.00. The summed E-state index contributed by atoms with van der Waals surface area (Å²) in [7, 11) is 0. The van der Waals surface area contributed by atoms with Crippen LogP contribution >= 0.6 is 0 Å². The van der Waals surface area contributed by atoms with Gasteiger partial charge in [0.1, 0.15) is 11.5 Å². The van der Waals surface area contributed by atoms with Crippen LogP contribution in [0.1, 0.15) is 19.8 Å². The van der Waals surface area contributed by atoms with Crippen LogP contribution in [0.2, 0.25) is 0 Å². The molecule has 0 heterocycles. The first-order valence-corrected chi connectivity index (χ1v) is 7.08. The SMILES string of the molecule is CCCC(N)C(=O)Nc1ccc(Oc2ccccc2)cc1. The Hall–Kier alpha value is -2.33. The minimum absolute atomic E-state index is 0.159. The van der Waals surface area contributed by atoms with Crippen LogP contribution in [0.3, 0.4) is 0 Å². The van der Waals surface area contributed by atoms with Crippen LogP contribution in [0, 0.1) is 0 Å². The van der Waals surface area contributed by atoms with Gasteiger partial charge in [0, 0.05) is 5.69 Å². The first-order valence-electron chi connectivity index (χ1n) is 7.08. The summed E-state index contributed by atoms with van der Waals surface area (Å²) in [5, 5.41) is 2.80. The van der Waals surface area contributed by atoms with E-state index in [0.717, 1.165) is 17.9 Å². The number of para-hydroxylation sites is 1. The lowest BCUT2D eigenvalue weighted by molar-refractivity contribution is -0.117. The predicted octanol–water partition coefficient (Wildman–Crippen LogP) is 3.54. The summed E-state index contributed by atoms with van der Waals surface area (Å²) in [5.74, 6) is 1.34. The lowest BCUT2D eigenvalue weighted by atomic mass is 10.1. The van der Waals surface area contributed by atoms with Gasteiger partial charge in [-0.05, 0) is 42.8 Å². The largest absolute Gasteiger partial charge is 0.457 e. The Labute approximate surface area is 124 Å². The average molecular weight is 284 g/mol. The van der Waals surface area contributed by atoms with E-state index in [-0.39, 0.29) is 5.91 Å². The molecule has 0 bridgehead atoms. The van der Waals surface area contributed by atoms with Gasteiger partial charge in [-0.2, -0.15) is 0 Å². The van der Waals surface area contributed by atoms with Gasteiger partial charge in [0.05, 0.1) is 6.04 Å². The van der Waals surface area contributed by atoms with Gasteiger partial charge in [-0.15, -0.1) is 0 Å². The molecular weight excluding hydrogens is 264 g/mol. The van der Waals surface area contributed by atoms with Crippen molar-refractivity contribution in [2.75, 3.05) is 5.32 Å². The van der Waals surface area contributed by atoms with Crippen LogP contribution in [0.4, 0.5) is 5.69 Å². The summed E-state index contributed by atoms with van der Waals surface area (Å²) < 4.78 is 5.69. The maximum absolute atomic E-state index is 11.8. The van der Waals surface area contributed by atoms with Crippen LogP contribution in [-0.2, 0) is 4.79 Å². The van der Waals surface area contributed by atoms with Crippen molar-refractivity contribution in [2.45, 2.75) is 25.8 Å². The average Bonchev–Trinajstić information content (AvgIpc) is 2.50. The molecule has 110 valence electrons. The molecule has 0 aliphatic rings. The van der Waals surface area contributed by atoms with Crippen molar-refractivity contribution in [1.82, 2.24) is 0 Å². The number of hydrogen-bond acceptors (Lipinski definition) is 3. The highest BCUT2D eigenvalue weighted by molar-refractivity contribution is 5.94. The summed E-state index contributed by atoms with van der Waals surface area (Å²) >= 11 is 0. The smallest absolute Gasteiger partial charge is 0.241 e. The Kier molecular flexibility index (Phi) is 5.35. The van der Waals surface area contributed by atoms with Crippen molar-refractivity contribution in [1.29, 1.82) is 0 Å². The third-order valence-electron chi connectivity index (χ3n) is 3.04. The summed E-state index contributed by atoms with van der Waals surface area (Å²) in [6, 6.07) is 16.3. The Balaban J connectivity index is 1.94. The zero-order chi connectivity index (χ0) is 15.1. The number of benzene rings is 2. The molecule has 2 aromatic carbocycles. The van der Waals surface area contributed by atoms with Crippen LogP contribution in [0.5, 0.6) is 11.5 Å². The lowest BCUT2D eigenvalue weighted by Crippen LogP contribution is -2.35. The van der Waals surface area contributed by atoms with Crippen LogP contribution in [-0.4, -0.2) is 11.9 Å². The van der Waals surface area contributed by atoms with Crippen molar-refractivity contribution in [3.05, 3.63) is 54.6 Å². The van der Waals surface area contributed by atoms with Crippen molar-refractivity contribution >= 4 is 11.6 Å². The van der Waals surface area contributed by atoms with Crippen LogP contribution in [0.25, 0.3) is 0 Å². The highest BCUT2D eigenvalue weighted by Gasteiger charge is 2.12. The van der Waals surface area contributed by atoms with E-state index in [1.54, 1.807) is 12.1 Å². The molecule has 21 heavy (non-hydrogen) atoms. The quantitative estimate of drug-likeness (QED) is 0.852. The highest BCUT2D eigenvalue weighted by Crippen LogP contribution is 2.22. The van der Waals surface area contributed by atoms with E-state index in [2.05, 4.69) is 5.32 Å². The molecule has 0 saturated carbocycles. The van der Waals surface area contributed by atoms with Gasteiger partial charge in [-0.25, -0.2) is 0 Å². The molecule has 0 fully saturated rings. The fourth-order valence-electron chi connectivity index (χ4n) is 1.91. The van der Waals surface area contributed by atoms with Gasteiger partial charge < -0.3 is 15.8 Å². The fraction of sp³-hybridized carbons (Fsp3) is 0.235. The van der Waals surface area contributed by atoms with Crippen LogP contribution in [0.15, 0.2) is 54.6 Å². The second kappa shape index (κ2) is 7.45. The monoisotopic (exact) mass is 284 g/mol. The number of carbonyl (C=O) groups is 1. The third-order valence-corrected chi connectivity index (χ3v) is 3.04. The molecule has 0 aliphatic carbocycles. The Bertz CT molecular complexity index is 567. The molecule has 0 aliphatic heterocycles. The Morgan fingerprint density at radius 2 is 1.71 bits per heavy atom. The maximum Gasteiger partial charge on any atom is 0.241 e. The van der Waals surface area contributed by atoms with E-state index < -0.39 is 6.04 Å². The van der Waals surface area contributed by atoms with E-state index in [4.69, 9.17) is 10.5 Å². The second-order valence-electron chi connectivity index (χ2n) is 4.82. The summed E-state index contributed by atoms with van der Waals surface area (Å²) in [5.41, 5.74) is 6.49. The van der Waals surface area contributed by atoms with E-state index in [1.165, 1.54) is 0 Å². The van der Waals surface area contributed by atoms with Gasteiger partial charge in [-0.3, -0.25) is 4.79 Å². The van der Waals surface area contributed by atoms with Crippen molar-refractivity contribution in [2.24, 2.45) is 5.73 Å². The predicted molar refractivity (Wildman–Crippen MR) is 84.5 cm³/mol. The minimum atomic E-state index is -0.463. The third kappa shape index (κ3) is 4.61. The topological polar surface area (TPSA) is 64.4 Å². The Morgan fingerprint density at radius 3 is 2.33 bits per heavy atom. The second-order valence-corrected chi connectivity index (χ2v) is 4.82. The molecule has 0 radical (unpaired) electrons. The minimum Gasteiger partial charge on any atom is -0.457 e. The van der Waals surface area contributed by atoms with E-state index in [1.807, 2.05) is 49.4 Å². The fourth-order valence-corrected chi connectivity index (χ4v) is 1.91. The normalized spacial score (nSPS) is 11.7. The standard InChI is InChI=1S/C17H20N2O2/c1-2-6-16(18)17(20)19-13-9-11-15(12-10-13)21-14-7-4-3-5-8-14/h3-5,7-12,16H,2,6,18H2,1H3,(H,19,20). The van der Waals surface area contributed by atoms with Gasteiger partial charge in [0.15, 0.2) is 0 Å². The molecule has 1 atom stereocenters. The molecule has 1 amide bonds. The molecule has 0 aromatic heterocycles. The van der Waals surface area contributed by atoms with E-state index >= 15 is 0 Å². The summed E-state index contributed by atoms with van der Waals surface area (Å²) in [6.07, 6.45) is 1.57. The first kappa shape index (κ1) is 15.1. The summed E-state index contributed by atoms with van der Waals surface area (Å²) in [4.78, 5) is 11.8. The Morgan fingerprint density at radius 1 is 1.10 bits per heavy atom. The van der Waals surface area contributed by atoms with Crippen molar-refractivity contribution < 1.29 is 9.53 Å². The molecule has 1 unspecified atom stereocenters. The number of ether oxygens (including phenoxy) is 1. The molecule has 3 N–H and O–H groups in total. The molecule has 2 aromatic rings. The van der Waals surface area contributed by atoms with Crippen molar-refractivity contribution in [3.8, 4) is 11.5 Å². The molecule has 4 nitrogen and oxygen atoms in total. The van der Waals surface area contributed by atoms with E-state index in [0.29, 0.717) is 12.1 Å². The number of anilines is 1. The maximum atomic E-state index is 11.8. The van der Waals surface area contributed by atoms with Gasteiger partial charge in [0.2, 0.25) is 5.91 Å². The number of amides is 1. The van der Waals surface area contributed by atoms with Gasteiger partial charge >= 0.3 is 0 Å². The van der Waals surface area contributed by atoms with Crippen LogP contribution < -0.4 is 15.8 Å². The molecule has 0 saturated heterocycles.